The fourth-order valence-corrected chi connectivity index (χ4v) is 0.545. The van der Waals surface area contributed by atoms with Gasteiger partial charge in [-0.05, 0) is 0 Å². The maximum atomic E-state index is 5.18. The largest absolute Gasteiger partial charge is 0.352 e. The molecule has 1 unspecified atom stereocenters. The van der Waals surface area contributed by atoms with Crippen LogP contribution in [-0.4, -0.2) is 26.0 Å². The monoisotopic (exact) mass is 117 g/mol. The number of rotatable bonds is 3. The van der Waals surface area contributed by atoms with Crippen LogP contribution in [0.15, 0.2) is 0 Å². The van der Waals surface area contributed by atoms with Crippen LogP contribution in [0, 0.1) is 0 Å². The van der Waals surface area contributed by atoms with Gasteiger partial charge in [-0.25, -0.2) is 0 Å². The Morgan fingerprint density at radius 2 is 2.50 bits per heavy atom. The van der Waals surface area contributed by atoms with Gasteiger partial charge in [-0.1, -0.05) is 0 Å². The highest BCUT2D eigenvalue weighted by atomic mass is 16.7. The maximum Gasteiger partial charge on any atom is 0.159 e. The standard InChI is InChI=1S/C5H11NO2/c6-2-4-8-5-1-3-7-5/h5H,1-4,6H2. The van der Waals surface area contributed by atoms with Gasteiger partial charge in [0.05, 0.1) is 13.2 Å². The zero-order chi connectivity index (χ0) is 5.82. The lowest BCUT2D eigenvalue weighted by Crippen LogP contribution is -2.31. The molecule has 3 heteroatoms. The Kier molecular flexibility index (Phi) is 2.27. The molecule has 0 spiro atoms. The Labute approximate surface area is 48.8 Å². The molecule has 1 saturated heterocycles. The molecule has 1 rings (SSSR count). The molecule has 0 aromatic heterocycles. The molecule has 48 valence electrons. The van der Waals surface area contributed by atoms with Crippen molar-refractivity contribution in [3.63, 3.8) is 0 Å². The molecule has 1 heterocycles. The van der Waals surface area contributed by atoms with Gasteiger partial charge in [-0.3, -0.25) is 0 Å². The van der Waals surface area contributed by atoms with Crippen LogP contribution in [0.2, 0.25) is 0 Å². The molecule has 2 N–H and O–H groups in total. The maximum absolute atomic E-state index is 5.18. The van der Waals surface area contributed by atoms with Crippen molar-refractivity contribution in [2.75, 3.05) is 19.8 Å². The Bertz CT molecular complexity index is 63.4. The van der Waals surface area contributed by atoms with E-state index in [1.54, 1.807) is 0 Å². The summed E-state index contributed by atoms with van der Waals surface area (Å²) in [4.78, 5) is 0. The SMILES string of the molecule is NCCOC1CCO1. The fourth-order valence-electron chi connectivity index (χ4n) is 0.545. The van der Waals surface area contributed by atoms with E-state index in [9.17, 15) is 0 Å². The van der Waals surface area contributed by atoms with Crippen molar-refractivity contribution in [3.05, 3.63) is 0 Å². The van der Waals surface area contributed by atoms with Crippen molar-refractivity contribution < 1.29 is 9.47 Å². The molecule has 0 aromatic rings. The first-order valence-corrected chi connectivity index (χ1v) is 2.87. The van der Waals surface area contributed by atoms with Crippen LogP contribution in [0.1, 0.15) is 6.42 Å². The summed E-state index contributed by atoms with van der Waals surface area (Å²) >= 11 is 0. The Morgan fingerprint density at radius 1 is 1.75 bits per heavy atom. The number of hydrogen-bond acceptors (Lipinski definition) is 3. The summed E-state index contributed by atoms with van der Waals surface area (Å²) in [5.74, 6) is 0. The van der Waals surface area contributed by atoms with E-state index in [0.29, 0.717) is 13.2 Å². The van der Waals surface area contributed by atoms with Crippen LogP contribution in [0.4, 0.5) is 0 Å². The van der Waals surface area contributed by atoms with Gasteiger partial charge in [0.25, 0.3) is 0 Å². The normalized spacial score (nSPS) is 27.4. The molecule has 0 saturated carbocycles. The average Bonchev–Trinajstić information content (AvgIpc) is 1.63. The van der Waals surface area contributed by atoms with Crippen LogP contribution < -0.4 is 5.73 Å². The van der Waals surface area contributed by atoms with E-state index in [-0.39, 0.29) is 6.29 Å². The Hall–Kier alpha value is -0.120. The first-order chi connectivity index (χ1) is 3.93. The summed E-state index contributed by atoms with van der Waals surface area (Å²) < 4.78 is 10.0. The quantitative estimate of drug-likeness (QED) is 0.552. The summed E-state index contributed by atoms with van der Waals surface area (Å²) in [6.45, 7) is 2.04. The zero-order valence-electron chi connectivity index (χ0n) is 4.80. The molecule has 1 fully saturated rings. The van der Waals surface area contributed by atoms with Gasteiger partial charge in [0, 0.05) is 13.0 Å². The average molecular weight is 117 g/mol. The van der Waals surface area contributed by atoms with E-state index in [1.165, 1.54) is 0 Å². The Balaban J connectivity index is 1.86. The highest BCUT2D eigenvalue weighted by Gasteiger charge is 2.17. The van der Waals surface area contributed by atoms with Crippen LogP contribution in [0.3, 0.4) is 0 Å². The van der Waals surface area contributed by atoms with Crippen molar-refractivity contribution >= 4 is 0 Å². The van der Waals surface area contributed by atoms with E-state index >= 15 is 0 Å². The molecule has 1 aliphatic heterocycles. The van der Waals surface area contributed by atoms with Gasteiger partial charge in [0.15, 0.2) is 6.29 Å². The lowest BCUT2D eigenvalue weighted by molar-refractivity contribution is -0.213. The second kappa shape index (κ2) is 3.02. The summed E-state index contributed by atoms with van der Waals surface area (Å²) in [6.07, 6.45) is 1.08. The smallest absolute Gasteiger partial charge is 0.159 e. The number of ether oxygens (including phenoxy) is 2. The minimum atomic E-state index is 0.0542. The van der Waals surface area contributed by atoms with Crippen LogP contribution in [0.5, 0.6) is 0 Å². The predicted octanol–water partition coefficient (Wildman–Crippen LogP) is -0.292. The van der Waals surface area contributed by atoms with Crippen molar-refractivity contribution in [1.82, 2.24) is 0 Å². The van der Waals surface area contributed by atoms with Crippen molar-refractivity contribution in [2.45, 2.75) is 12.7 Å². The van der Waals surface area contributed by atoms with E-state index in [4.69, 9.17) is 15.2 Å². The summed E-state index contributed by atoms with van der Waals surface area (Å²) in [6, 6.07) is 0. The summed E-state index contributed by atoms with van der Waals surface area (Å²) in [5.41, 5.74) is 5.18. The van der Waals surface area contributed by atoms with E-state index in [0.717, 1.165) is 13.0 Å². The second-order valence-corrected chi connectivity index (χ2v) is 1.75. The van der Waals surface area contributed by atoms with Gasteiger partial charge >= 0.3 is 0 Å². The first-order valence-electron chi connectivity index (χ1n) is 2.87. The molecule has 3 nitrogen and oxygen atoms in total. The topological polar surface area (TPSA) is 44.5 Å². The fraction of sp³-hybridized carbons (Fsp3) is 1.00. The minimum Gasteiger partial charge on any atom is -0.352 e. The van der Waals surface area contributed by atoms with E-state index in [2.05, 4.69) is 0 Å². The molecule has 1 atom stereocenters. The molecule has 0 radical (unpaired) electrons. The van der Waals surface area contributed by atoms with E-state index in [1.807, 2.05) is 0 Å². The number of hydrogen-bond donors (Lipinski definition) is 1. The molecule has 0 aliphatic carbocycles. The van der Waals surface area contributed by atoms with Crippen molar-refractivity contribution in [1.29, 1.82) is 0 Å². The molecule has 0 amide bonds. The summed E-state index contributed by atoms with van der Waals surface area (Å²) in [7, 11) is 0. The Morgan fingerprint density at radius 3 is 2.88 bits per heavy atom. The van der Waals surface area contributed by atoms with Crippen molar-refractivity contribution in [2.24, 2.45) is 5.73 Å². The first kappa shape index (κ1) is 6.01. The summed E-state index contributed by atoms with van der Waals surface area (Å²) in [5, 5.41) is 0. The second-order valence-electron chi connectivity index (χ2n) is 1.75. The molecular weight excluding hydrogens is 106 g/mol. The number of nitrogens with two attached hydrogens (primary N) is 1. The lowest BCUT2D eigenvalue weighted by Gasteiger charge is -2.25. The molecule has 0 aromatic carbocycles. The van der Waals surface area contributed by atoms with Gasteiger partial charge < -0.3 is 15.2 Å². The van der Waals surface area contributed by atoms with Gasteiger partial charge in [-0.2, -0.15) is 0 Å². The van der Waals surface area contributed by atoms with Crippen LogP contribution in [-0.2, 0) is 9.47 Å². The van der Waals surface area contributed by atoms with Crippen LogP contribution >= 0.6 is 0 Å². The third kappa shape index (κ3) is 1.43. The van der Waals surface area contributed by atoms with Crippen molar-refractivity contribution in [3.8, 4) is 0 Å². The lowest BCUT2D eigenvalue weighted by atomic mass is 10.3. The highest BCUT2D eigenvalue weighted by Crippen LogP contribution is 2.10. The predicted molar refractivity (Wildman–Crippen MR) is 29.4 cm³/mol. The van der Waals surface area contributed by atoms with Crippen LogP contribution in [0.25, 0.3) is 0 Å². The third-order valence-corrected chi connectivity index (χ3v) is 1.08. The van der Waals surface area contributed by atoms with Gasteiger partial charge in [0.2, 0.25) is 0 Å². The molecule has 0 bridgehead atoms. The zero-order valence-corrected chi connectivity index (χ0v) is 4.80. The molecule has 1 aliphatic rings. The third-order valence-electron chi connectivity index (χ3n) is 1.08. The molecular formula is C5H11NO2. The highest BCUT2D eigenvalue weighted by molar-refractivity contribution is 4.54. The minimum absolute atomic E-state index is 0.0542. The van der Waals surface area contributed by atoms with E-state index < -0.39 is 0 Å². The van der Waals surface area contributed by atoms with Gasteiger partial charge in [-0.15, -0.1) is 0 Å². The molecule has 8 heavy (non-hydrogen) atoms. The van der Waals surface area contributed by atoms with Gasteiger partial charge in [0.1, 0.15) is 0 Å².